The van der Waals surface area contributed by atoms with Gasteiger partial charge in [-0.15, -0.1) is 0 Å². The van der Waals surface area contributed by atoms with Gasteiger partial charge in [-0.05, 0) is 55.8 Å². The molecule has 0 N–H and O–H groups in total. The monoisotopic (exact) mass is 329 g/mol. The van der Waals surface area contributed by atoms with Crippen LogP contribution in [0.4, 0.5) is 0 Å². The van der Waals surface area contributed by atoms with E-state index in [2.05, 4.69) is 48.2 Å². The first-order valence-electron chi connectivity index (χ1n) is 6.48. The Labute approximate surface area is 123 Å². The van der Waals surface area contributed by atoms with Crippen molar-refractivity contribution < 1.29 is 14.0 Å². The summed E-state index contributed by atoms with van der Waals surface area (Å²) in [6.07, 6.45) is 0. The standard InChI is InChI=1S/C13H21BBrNO3/c1-12(2)13(3,4)19-14(18-12)10-6-7-11(15)16(10)8-9-17-5/h6-7H,8-9H2,1-5H3. The first-order valence-corrected chi connectivity index (χ1v) is 7.27. The van der Waals surface area contributed by atoms with Crippen LogP contribution < -0.4 is 5.59 Å². The average Bonchev–Trinajstić information content (AvgIpc) is 2.75. The van der Waals surface area contributed by atoms with Gasteiger partial charge < -0.3 is 18.6 Å². The number of rotatable bonds is 4. The molecular weight excluding hydrogens is 309 g/mol. The Bertz CT molecular complexity index is 443. The van der Waals surface area contributed by atoms with Gasteiger partial charge in [0.2, 0.25) is 0 Å². The molecule has 1 saturated heterocycles. The molecule has 2 rings (SSSR count). The molecule has 0 aliphatic carbocycles. The third-order valence-electron chi connectivity index (χ3n) is 3.97. The van der Waals surface area contributed by atoms with Gasteiger partial charge in [-0.1, -0.05) is 0 Å². The second-order valence-electron chi connectivity index (χ2n) is 5.81. The van der Waals surface area contributed by atoms with Crippen LogP contribution in [-0.4, -0.2) is 36.6 Å². The summed E-state index contributed by atoms with van der Waals surface area (Å²) in [5.74, 6) is 0. The van der Waals surface area contributed by atoms with E-state index in [0.717, 1.165) is 16.7 Å². The minimum absolute atomic E-state index is 0.319. The predicted molar refractivity (Wildman–Crippen MR) is 79.7 cm³/mol. The average molecular weight is 330 g/mol. The van der Waals surface area contributed by atoms with Gasteiger partial charge in [0.05, 0.1) is 22.4 Å². The zero-order valence-corrected chi connectivity index (χ0v) is 13.8. The SMILES string of the molecule is COCCn1c(Br)ccc1B1OC(C)(C)C(C)(C)O1. The molecule has 1 aromatic heterocycles. The Hall–Kier alpha value is -0.295. The van der Waals surface area contributed by atoms with E-state index in [-0.39, 0.29) is 18.3 Å². The molecule has 0 atom stereocenters. The lowest BCUT2D eigenvalue weighted by Gasteiger charge is -2.32. The summed E-state index contributed by atoms with van der Waals surface area (Å²) in [4.78, 5) is 0. The minimum Gasteiger partial charge on any atom is -0.398 e. The van der Waals surface area contributed by atoms with E-state index in [1.165, 1.54) is 0 Å². The Balaban J connectivity index is 2.24. The lowest BCUT2D eigenvalue weighted by atomic mass is 9.84. The highest BCUT2D eigenvalue weighted by Crippen LogP contribution is 2.36. The summed E-state index contributed by atoms with van der Waals surface area (Å²) in [6.45, 7) is 9.66. The minimum atomic E-state index is -0.340. The number of methoxy groups -OCH3 is 1. The van der Waals surface area contributed by atoms with E-state index in [4.69, 9.17) is 14.0 Å². The molecule has 6 heteroatoms. The van der Waals surface area contributed by atoms with Crippen LogP contribution in [0.25, 0.3) is 0 Å². The van der Waals surface area contributed by atoms with Gasteiger partial charge in [0.15, 0.2) is 0 Å². The normalized spacial score (nSPS) is 21.1. The highest BCUT2D eigenvalue weighted by molar-refractivity contribution is 9.10. The maximum atomic E-state index is 6.08. The Kier molecular flexibility index (Phi) is 4.16. The van der Waals surface area contributed by atoms with Crippen LogP contribution in [-0.2, 0) is 20.6 Å². The fraction of sp³-hybridized carbons (Fsp3) is 0.692. The van der Waals surface area contributed by atoms with Crippen molar-refractivity contribution in [2.45, 2.75) is 45.4 Å². The van der Waals surface area contributed by atoms with Crippen molar-refractivity contribution in [2.75, 3.05) is 13.7 Å². The largest absolute Gasteiger partial charge is 0.512 e. The molecule has 106 valence electrons. The Morgan fingerprint density at radius 3 is 2.32 bits per heavy atom. The highest BCUT2D eigenvalue weighted by Gasteiger charge is 2.52. The van der Waals surface area contributed by atoms with Crippen molar-refractivity contribution in [2.24, 2.45) is 0 Å². The summed E-state index contributed by atoms with van der Waals surface area (Å²) in [7, 11) is 1.36. The van der Waals surface area contributed by atoms with Gasteiger partial charge in [0.25, 0.3) is 0 Å². The molecule has 0 amide bonds. The summed E-state index contributed by atoms with van der Waals surface area (Å²) in [6, 6.07) is 4.04. The number of nitrogens with zero attached hydrogens (tertiary/aromatic N) is 1. The van der Waals surface area contributed by atoms with Gasteiger partial charge in [0.1, 0.15) is 0 Å². The zero-order chi connectivity index (χ0) is 14.3. The second kappa shape index (κ2) is 5.24. The summed E-state index contributed by atoms with van der Waals surface area (Å²) in [5.41, 5.74) is 0.378. The van der Waals surface area contributed by atoms with Crippen LogP contribution in [0.1, 0.15) is 27.7 Å². The van der Waals surface area contributed by atoms with E-state index in [9.17, 15) is 0 Å². The molecule has 1 fully saturated rings. The van der Waals surface area contributed by atoms with Crippen LogP contribution in [0.2, 0.25) is 0 Å². The van der Waals surface area contributed by atoms with Crippen LogP contribution in [0.5, 0.6) is 0 Å². The van der Waals surface area contributed by atoms with E-state index in [1.54, 1.807) is 7.11 Å². The highest BCUT2D eigenvalue weighted by atomic mass is 79.9. The first kappa shape index (κ1) is 15.1. The second-order valence-corrected chi connectivity index (χ2v) is 6.63. The van der Waals surface area contributed by atoms with Crippen LogP contribution in [0.15, 0.2) is 16.7 Å². The smallest absolute Gasteiger partial charge is 0.398 e. The van der Waals surface area contributed by atoms with Crippen LogP contribution in [0.3, 0.4) is 0 Å². The number of ether oxygens (including phenoxy) is 1. The van der Waals surface area contributed by atoms with Crippen molar-refractivity contribution in [1.29, 1.82) is 0 Å². The van der Waals surface area contributed by atoms with Gasteiger partial charge in [-0.3, -0.25) is 0 Å². The van der Waals surface area contributed by atoms with Gasteiger partial charge in [-0.2, -0.15) is 0 Å². The molecule has 0 bridgehead atoms. The quantitative estimate of drug-likeness (QED) is 0.794. The van der Waals surface area contributed by atoms with E-state index < -0.39 is 0 Å². The number of hydrogen-bond acceptors (Lipinski definition) is 3. The molecule has 0 unspecified atom stereocenters. The third kappa shape index (κ3) is 2.77. The zero-order valence-electron chi connectivity index (χ0n) is 12.2. The maximum absolute atomic E-state index is 6.08. The molecule has 1 aliphatic heterocycles. The fourth-order valence-electron chi connectivity index (χ4n) is 2.05. The molecule has 0 aromatic carbocycles. The molecule has 1 aliphatic rings. The van der Waals surface area contributed by atoms with Gasteiger partial charge in [0, 0.05) is 19.2 Å². The molecular formula is C13H21BBrNO3. The van der Waals surface area contributed by atoms with E-state index in [0.29, 0.717) is 6.61 Å². The first-order chi connectivity index (χ1) is 8.78. The fourth-order valence-corrected chi connectivity index (χ4v) is 2.56. The number of hydrogen-bond donors (Lipinski definition) is 0. The van der Waals surface area contributed by atoms with Crippen molar-refractivity contribution >= 4 is 28.6 Å². The number of halogens is 1. The van der Waals surface area contributed by atoms with Crippen LogP contribution in [0, 0.1) is 0 Å². The van der Waals surface area contributed by atoms with Crippen molar-refractivity contribution in [3.63, 3.8) is 0 Å². The molecule has 1 aromatic rings. The van der Waals surface area contributed by atoms with E-state index >= 15 is 0 Å². The molecule has 19 heavy (non-hydrogen) atoms. The van der Waals surface area contributed by atoms with Gasteiger partial charge >= 0.3 is 7.12 Å². The summed E-state index contributed by atoms with van der Waals surface area (Å²) in [5, 5.41) is 0. The molecule has 0 radical (unpaired) electrons. The molecule has 0 saturated carbocycles. The van der Waals surface area contributed by atoms with Crippen molar-refractivity contribution in [1.82, 2.24) is 4.57 Å². The molecule has 0 spiro atoms. The van der Waals surface area contributed by atoms with Gasteiger partial charge in [-0.25, -0.2) is 0 Å². The number of aromatic nitrogens is 1. The maximum Gasteiger partial charge on any atom is 0.512 e. The third-order valence-corrected chi connectivity index (χ3v) is 4.67. The van der Waals surface area contributed by atoms with Crippen LogP contribution >= 0.6 is 15.9 Å². The molecule has 4 nitrogen and oxygen atoms in total. The Morgan fingerprint density at radius 2 is 1.79 bits per heavy atom. The Morgan fingerprint density at radius 1 is 1.21 bits per heavy atom. The van der Waals surface area contributed by atoms with E-state index in [1.807, 2.05) is 12.1 Å². The molecule has 2 heterocycles. The topological polar surface area (TPSA) is 32.6 Å². The lowest BCUT2D eigenvalue weighted by Crippen LogP contribution is -2.41. The van der Waals surface area contributed by atoms with Crippen molar-refractivity contribution in [3.8, 4) is 0 Å². The lowest BCUT2D eigenvalue weighted by molar-refractivity contribution is 0.00578. The summed E-state index contributed by atoms with van der Waals surface area (Å²) >= 11 is 3.55. The van der Waals surface area contributed by atoms with Crippen molar-refractivity contribution in [3.05, 3.63) is 16.7 Å². The predicted octanol–water partition coefficient (Wildman–Crippen LogP) is 2.20. The summed E-state index contributed by atoms with van der Waals surface area (Å²) < 4.78 is 20.4.